The number of halogens is 4. The smallest absolute Gasteiger partial charge is 0.347 e. The standard InChI is InChI=1S/C76H117ClF3N13O13/c1-15-47(4)63-72(104)86(9)48(5)67(99)93-39-34-55(93)71(103)89(12)58(42-49-26-18-16-19-27-49)70(102)85(8)45-60(94)81-54(33-31-50-30-32-52(53(77)41-50)76(78,79)80)68(100)88(11)57(43-62(96)92-37-24-17-25-38-92)66(98)83-75(35-22-23-36-75)74(106)91(14)64(51-28-20-21-29-51)73(105)90(13)59(69(101)84(6)7)44-61(95)87(10)56(40-46(2)3)65(97)82-63/h30,32,41,46-49,51,54-59,63-64H,15-29,31,33-40,42-45H2,1-14H3,(H,81,94)(H,82,97)(H,83,98)/t47-,48-,54-,55?,56-,57-,58-,59-,63-,64-/m0/s1. The number of carbonyl (C=O) groups is 13. The number of likely N-dealkylation sites (N-methyl/N-ethyl adjacent to an activating group) is 8. The zero-order chi connectivity index (χ0) is 78.6. The highest BCUT2D eigenvalue weighted by atomic mass is 35.5. The number of benzene rings is 1. The van der Waals surface area contributed by atoms with Gasteiger partial charge in [0, 0.05) is 83.1 Å². The van der Waals surface area contributed by atoms with Gasteiger partial charge < -0.3 is 64.9 Å². The van der Waals surface area contributed by atoms with Crippen LogP contribution in [-0.4, -0.2) is 275 Å². The van der Waals surface area contributed by atoms with Crippen LogP contribution in [0.15, 0.2) is 18.2 Å². The molecule has 0 radical (unpaired) electrons. The van der Waals surface area contributed by atoms with Crippen molar-refractivity contribution in [3.05, 3.63) is 34.3 Å². The number of alkyl halides is 3. The highest BCUT2D eigenvalue weighted by Crippen LogP contribution is 2.39. The zero-order valence-corrected chi connectivity index (χ0v) is 65.6. The molecule has 0 aromatic heterocycles. The van der Waals surface area contributed by atoms with Crippen LogP contribution in [0.1, 0.15) is 193 Å². The fraction of sp³-hybridized carbons (Fsp3) is 0.750. The summed E-state index contributed by atoms with van der Waals surface area (Å²) in [5, 5.41) is 8.04. The van der Waals surface area contributed by atoms with Crippen molar-refractivity contribution in [3.63, 3.8) is 0 Å². The Kier molecular flexibility index (Phi) is 30.3. The zero-order valence-electron chi connectivity index (χ0n) is 64.8. The van der Waals surface area contributed by atoms with Gasteiger partial charge in [-0.1, -0.05) is 110 Å². The van der Waals surface area contributed by atoms with Gasteiger partial charge in [-0.05, 0) is 125 Å². The predicted molar refractivity (Wildman–Crippen MR) is 391 cm³/mol. The third kappa shape index (κ3) is 20.6. The van der Waals surface area contributed by atoms with Gasteiger partial charge in [0.05, 0.1) is 30.0 Å². The Morgan fingerprint density at radius 3 is 1.82 bits per heavy atom. The minimum Gasteiger partial charge on any atom is -0.347 e. The topological polar surface area (TPSA) is 290 Å². The maximum Gasteiger partial charge on any atom is 0.417 e. The summed E-state index contributed by atoms with van der Waals surface area (Å²) in [6.07, 6.45) is 4.18. The number of fused-ring (bicyclic) bond motifs is 1. The minimum atomic E-state index is -4.80. The first-order valence-electron chi connectivity index (χ1n) is 38.3. The van der Waals surface area contributed by atoms with Gasteiger partial charge in [-0.15, -0.1) is 0 Å². The third-order valence-electron chi connectivity index (χ3n) is 23.5. The highest BCUT2D eigenvalue weighted by molar-refractivity contribution is 6.31. The van der Waals surface area contributed by atoms with E-state index in [1.165, 1.54) is 106 Å². The minimum absolute atomic E-state index is 0.0118. The molecule has 3 saturated carbocycles. The van der Waals surface area contributed by atoms with Gasteiger partial charge >= 0.3 is 6.18 Å². The van der Waals surface area contributed by atoms with E-state index in [4.69, 9.17) is 11.6 Å². The van der Waals surface area contributed by atoms with Gasteiger partial charge in [0.2, 0.25) is 76.8 Å². The number of rotatable bonds is 13. The molecule has 1 aromatic rings. The van der Waals surface area contributed by atoms with Crippen LogP contribution in [0.5, 0.6) is 0 Å². The number of likely N-dealkylation sites (tertiary alicyclic amines) is 1. The average Bonchev–Trinajstić information content (AvgIpc) is 1.50. The summed E-state index contributed by atoms with van der Waals surface area (Å²) >= 11 is 6.20. The summed E-state index contributed by atoms with van der Waals surface area (Å²) in [4.78, 5) is 209. The molecule has 1 unspecified atom stereocenters. The van der Waals surface area contributed by atoms with E-state index in [2.05, 4.69) is 16.0 Å². The summed E-state index contributed by atoms with van der Waals surface area (Å²) in [6.45, 7) is 8.96. The van der Waals surface area contributed by atoms with Gasteiger partial charge in [0.25, 0.3) is 0 Å². The van der Waals surface area contributed by atoms with Crippen LogP contribution in [-0.2, 0) is 74.9 Å². The number of nitrogens with zero attached hydrogens (tertiary/aromatic N) is 10. The number of piperidine rings is 1. The van der Waals surface area contributed by atoms with Crippen molar-refractivity contribution in [3.8, 4) is 0 Å². The molecule has 26 nitrogen and oxygen atoms in total. The first kappa shape index (κ1) is 85.7. The number of aryl methyl sites for hydroxylation is 1. The first-order chi connectivity index (χ1) is 49.8. The van der Waals surface area contributed by atoms with E-state index in [0.717, 1.165) is 65.4 Å². The summed E-state index contributed by atoms with van der Waals surface area (Å²) in [5.74, 6) is -10.2. The van der Waals surface area contributed by atoms with Crippen LogP contribution in [0.25, 0.3) is 0 Å². The van der Waals surface area contributed by atoms with Crippen molar-refractivity contribution in [1.29, 1.82) is 0 Å². The quantitative estimate of drug-likeness (QED) is 0.208. The number of carbonyl (C=O) groups excluding carboxylic acids is 13. The molecule has 13 amide bonds. The van der Waals surface area contributed by atoms with Gasteiger partial charge in [0.15, 0.2) is 0 Å². The molecule has 3 N–H and O–H groups in total. The lowest BCUT2D eigenvalue weighted by Crippen LogP contribution is -2.65. The van der Waals surface area contributed by atoms with Crippen molar-refractivity contribution in [2.45, 2.75) is 255 Å². The molecule has 106 heavy (non-hydrogen) atoms. The lowest BCUT2D eigenvalue weighted by atomic mass is 9.84. The third-order valence-corrected chi connectivity index (χ3v) is 23.8. The summed E-state index contributed by atoms with van der Waals surface area (Å²) < 4.78 is 42.0. The van der Waals surface area contributed by atoms with Crippen LogP contribution >= 0.6 is 11.6 Å². The van der Waals surface area contributed by atoms with E-state index in [1.54, 1.807) is 11.8 Å². The Morgan fingerprint density at radius 1 is 0.651 bits per heavy atom. The van der Waals surface area contributed by atoms with Crippen molar-refractivity contribution in [1.82, 2.24) is 64.9 Å². The van der Waals surface area contributed by atoms with E-state index in [9.17, 15) is 51.5 Å². The Balaban J connectivity index is 1.34. The molecule has 1 aromatic carbocycles. The fourth-order valence-electron chi connectivity index (χ4n) is 16.3. The van der Waals surface area contributed by atoms with Crippen molar-refractivity contribution in [2.75, 3.05) is 89.6 Å². The second-order valence-corrected chi connectivity index (χ2v) is 32.0. The Hall–Kier alpha value is -7.59. The average molecular weight is 1510 g/mol. The van der Waals surface area contributed by atoms with E-state index in [0.29, 0.717) is 70.9 Å². The van der Waals surface area contributed by atoms with Crippen LogP contribution in [0, 0.1) is 23.7 Å². The highest BCUT2D eigenvalue weighted by Gasteiger charge is 2.52. The monoisotopic (exact) mass is 1510 g/mol. The predicted octanol–water partition coefficient (Wildman–Crippen LogP) is 5.88. The molecule has 6 aliphatic rings. The van der Waals surface area contributed by atoms with Gasteiger partial charge in [-0.2, -0.15) is 13.2 Å². The Morgan fingerprint density at radius 2 is 1.25 bits per heavy atom. The Labute approximate surface area is 628 Å². The molecule has 0 bridgehead atoms. The summed E-state index contributed by atoms with van der Waals surface area (Å²) in [6, 6.07) is -8.82. The molecule has 30 heteroatoms. The number of nitrogens with one attached hydrogen (secondary N) is 3. The number of hydrogen-bond acceptors (Lipinski definition) is 13. The maximum atomic E-state index is 15.8. The van der Waals surface area contributed by atoms with Crippen molar-refractivity contribution >= 4 is 88.4 Å². The summed E-state index contributed by atoms with van der Waals surface area (Å²) in [7, 11) is 12.7. The first-order valence-corrected chi connectivity index (χ1v) is 38.6. The van der Waals surface area contributed by atoms with E-state index in [-0.39, 0.29) is 68.9 Å². The van der Waals surface area contributed by atoms with Crippen LogP contribution in [0.2, 0.25) is 5.02 Å². The molecular formula is C76H117ClF3N13O13. The lowest BCUT2D eigenvalue weighted by Gasteiger charge is -2.45. The van der Waals surface area contributed by atoms with Crippen molar-refractivity contribution in [2.24, 2.45) is 23.7 Å². The molecule has 3 heterocycles. The molecule has 10 atom stereocenters. The van der Waals surface area contributed by atoms with Gasteiger partial charge in [-0.3, -0.25) is 62.3 Å². The molecular weight excluding hydrogens is 1400 g/mol. The molecule has 1 spiro atoms. The van der Waals surface area contributed by atoms with Crippen molar-refractivity contribution < 1.29 is 75.5 Å². The van der Waals surface area contributed by atoms with E-state index >= 15 is 24.0 Å². The SMILES string of the molecule is CC[C@H](C)[C@@H]1NC(=O)[C@H](CC(C)C)N(C)C(=O)C[C@@H](C(=O)N(C)C)N(C)C(=O)[C@H](C2CCCC2)N(C)C(=O)C2(CCCC2)NC(=O)[C@H](CC(=O)N2CCCCC2)N(C)C(=O)[C@H](CCc2ccc(C(F)(F)F)c(Cl)c2)NC(=O)CN(C)C(=O)[C@H](CC2CCCCC2)N(C)C(=O)C2CCN2C(=O)[C@H](C)N(C)C1=O. The maximum absolute atomic E-state index is 15.8. The Bertz CT molecular complexity index is 3360. The van der Waals surface area contributed by atoms with Gasteiger partial charge in [-0.25, -0.2) is 0 Å². The van der Waals surface area contributed by atoms with Crippen LogP contribution in [0.4, 0.5) is 13.2 Å². The number of amides is 13. The van der Waals surface area contributed by atoms with Gasteiger partial charge in [0.1, 0.15) is 59.9 Å². The molecule has 3 aliphatic heterocycles. The molecule has 6 fully saturated rings. The van der Waals surface area contributed by atoms with Crippen LogP contribution < -0.4 is 16.0 Å². The largest absolute Gasteiger partial charge is 0.417 e. The van der Waals surface area contributed by atoms with E-state index in [1.807, 2.05) is 20.8 Å². The molecule has 3 aliphatic carbocycles. The second-order valence-electron chi connectivity index (χ2n) is 31.5. The normalized spacial score (nSPS) is 27.2. The molecule has 3 saturated heterocycles. The summed E-state index contributed by atoms with van der Waals surface area (Å²) in [5.41, 5.74) is -2.60. The molecule has 592 valence electrons. The fourth-order valence-corrected chi connectivity index (χ4v) is 16.6. The molecule has 7 rings (SSSR count). The van der Waals surface area contributed by atoms with E-state index < -0.39 is 185 Å². The second kappa shape index (κ2) is 37.5. The van der Waals surface area contributed by atoms with Crippen LogP contribution in [0.3, 0.4) is 0 Å². The number of hydrogen-bond donors (Lipinski definition) is 3. The lowest BCUT2D eigenvalue weighted by molar-refractivity contribution is -0.160.